The third-order valence-corrected chi connectivity index (χ3v) is 5.67. The highest BCUT2D eigenvalue weighted by molar-refractivity contribution is 7.89. The molecule has 1 heterocycles. The van der Waals surface area contributed by atoms with E-state index in [9.17, 15) is 23.3 Å². The van der Waals surface area contributed by atoms with Crippen molar-refractivity contribution in [2.45, 2.75) is 4.90 Å². The molecular weight excluding hydrogens is 402 g/mol. The first-order valence-electron chi connectivity index (χ1n) is 8.11. The van der Waals surface area contributed by atoms with E-state index in [1.54, 1.807) is 0 Å². The van der Waals surface area contributed by atoms with Crippen molar-refractivity contribution < 1.29 is 22.6 Å². The Labute approximate surface area is 165 Å². The monoisotopic (exact) mass is 417 g/mol. The SMILES string of the molecule is CN(C)S(=O)(=O)c1ccc(-c2nnc(NC(=O)c3cccc([N+](=O)[O-])c3)o2)cc1. The number of hydrogen-bond donors (Lipinski definition) is 1. The molecule has 0 atom stereocenters. The van der Waals surface area contributed by atoms with Crippen molar-refractivity contribution in [3.8, 4) is 11.5 Å². The van der Waals surface area contributed by atoms with E-state index in [4.69, 9.17) is 4.42 Å². The molecule has 0 aliphatic carbocycles. The molecule has 29 heavy (non-hydrogen) atoms. The van der Waals surface area contributed by atoms with Crippen LogP contribution in [0.1, 0.15) is 10.4 Å². The normalized spacial score (nSPS) is 11.4. The molecule has 12 heteroatoms. The number of hydrogen-bond acceptors (Lipinski definition) is 8. The summed E-state index contributed by atoms with van der Waals surface area (Å²) in [6.07, 6.45) is 0. The van der Waals surface area contributed by atoms with Crippen LogP contribution in [-0.4, -0.2) is 47.8 Å². The van der Waals surface area contributed by atoms with Crippen LogP contribution in [0.2, 0.25) is 0 Å². The van der Waals surface area contributed by atoms with Gasteiger partial charge in [0.2, 0.25) is 15.9 Å². The second kappa shape index (κ2) is 7.77. The van der Waals surface area contributed by atoms with Crippen molar-refractivity contribution in [2.75, 3.05) is 19.4 Å². The fourth-order valence-corrected chi connectivity index (χ4v) is 3.20. The summed E-state index contributed by atoms with van der Waals surface area (Å²) >= 11 is 0. The molecule has 1 amide bonds. The lowest BCUT2D eigenvalue weighted by Crippen LogP contribution is -2.22. The maximum atomic E-state index is 12.2. The van der Waals surface area contributed by atoms with Crippen LogP contribution in [0.4, 0.5) is 11.7 Å². The zero-order chi connectivity index (χ0) is 21.2. The van der Waals surface area contributed by atoms with Gasteiger partial charge >= 0.3 is 6.01 Å². The number of nitrogens with one attached hydrogen (secondary N) is 1. The molecule has 0 saturated carbocycles. The average molecular weight is 417 g/mol. The van der Waals surface area contributed by atoms with E-state index in [0.29, 0.717) is 5.56 Å². The van der Waals surface area contributed by atoms with Crippen LogP contribution in [-0.2, 0) is 10.0 Å². The van der Waals surface area contributed by atoms with Crippen LogP contribution in [0.15, 0.2) is 57.8 Å². The first-order chi connectivity index (χ1) is 13.7. The van der Waals surface area contributed by atoms with Gasteiger partial charge in [0.1, 0.15) is 0 Å². The predicted octanol–water partition coefficient (Wildman–Crippen LogP) is 2.15. The number of anilines is 1. The van der Waals surface area contributed by atoms with Crippen LogP contribution >= 0.6 is 0 Å². The van der Waals surface area contributed by atoms with E-state index >= 15 is 0 Å². The third-order valence-electron chi connectivity index (χ3n) is 3.84. The number of carbonyl (C=O) groups is 1. The summed E-state index contributed by atoms with van der Waals surface area (Å²) in [5.41, 5.74) is 0.278. The minimum atomic E-state index is -3.57. The van der Waals surface area contributed by atoms with Gasteiger partial charge in [-0.2, -0.15) is 0 Å². The molecule has 0 radical (unpaired) electrons. The summed E-state index contributed by atoms with van der Waals surface area (Å²) in [5.74, 6) is -0.593. The topological polar surface area (TPSA) is 149 Å². The minimum absolute atomic E-state index is 0.0530. The van der Waals surface area contributed by atoms with Crippen molar-refractivity contribution in [1.82, 2.24) is 14.5 Å². The molecule has 2 aromatic carbocycles. The molecule has 11 nitrogen and oxygen atoms in total. The Morgan fingerprint density at radius 2 is 1.83 bits per heavy atom. The number of carbonyl (C=O) groups excluding carboxylic acids is 1. The Kier molecular flexibility index (Phi) is 5.39. The van der Waals surface area contributed by atoms with E-state index in [2.05, 4.69) is 15.5 Å². The van der Waals surface area contributed by atoms with E-state index in [1.807, 2.05) is 0 Å². The Hall–Kier alpha value is -3.64. The molecule has 0 aliphatic heterocycles. The molecule has 0 fully saturated rings. The summed E-state index contributed by atoms with van der Waals surface area (Å²) in [4.78, 5) is 22.5. The molecule has 0 unspecified atom stereocenters. The number of nitro groups is 1. The van der Waals surface area contributed by atoms with Gasteiger partial charge < -0.3 is 4.42 Å². The number of non-ortho nitro benzene ring substituents is 1. The number of rotatable bonds is 6. The summed E-state index contributed by atoms with van der Waals surface area (Å²) in [7, 11) is -0.709. The molecule has 0 spiro atoms. The lowest BCUT2D eigenvalue weighted by molar-refractivity contribution is -0.384. The Morgan fingerprint density at radius 3 is 2.45 bits per heavy atom. The first-order valence-corrected chi connectivity index (χ1v) is 9.55. The lowest BCUT2D eigenvalue weighted by Gasteiger charge is -2.11. The van der Waals surface area contributed by atoms with Gasteiger partial charge in [-0.3, -0.25) is 20.2 Å². The molecule has 3 aromatic rings. The Balaban J connectivity index is 1.76. The van der Waals surface area contributed by atoms with Gasteiger partial charge in [0.15, 0.2) is 0 Å². The van der Waals surface area contributed by atoms with Crippen LogP contribution in [0.3, 0.4) is 0 Å². The van der Waals surface area contributed by atoms with Gasteiger partial charge in [-0.05, 0) is 30.3 Å². The fourth-order valence-electron chi connectivity index (χ4n) is 2.30. The second-order valence-electron chi connectivity index (χ2n) is 5.99. The van der Waals surface area contributed by atoms with Crippen molar-refractivity contribution >= 4 is 27.6 Å². The van der Waals surface area contributed by atoms with Crippen LogP contribution in [0.5, 0.6) is 0 Å². The standard InChI is InChI=1S/C17H15N5O6S/c1-21(2)29(26,27)14-8-6-11(7-9-14)16-19-20-17(28-16)18-15(23)12-4-3-5-13(10-12)22(24)25/h3-10H,1-2H3,(H,18,20,23). The molecule has 0 saturated heterocycles. The van der Waals surface area contributed by atoms with Gasteiger partial charge in [-0.1, -0.05) is 11.2 Å². The molecule has 0 bridgehead atoms. The van der Waals surface area contributed by atoms with Gasteiger partial charge in [0, 0.05) is 37.4 Å². The quantitative estimate of drug-likeness (QED) is 0.474. The smallest absolute Gasteiger partial charge is 0.322 e. The molecular formula is C17H15N5O6S. The van der Waals surface area contributed by atoms with Crippen LogP contribution in [0.25, 0.3) is 11.5 Å². The number of nitrogens with zero attached hydrogens (tertiary/aromatic N) is 4. The Bertz CT molecular complexity index is 1170. The van der Waals surface area contributed by atoms with E-state index < -0.39 is 20.9 Å². The van der Waals surface area contributed by atoms with Gasteiger partial charge in [0.25, 0.3) is 11.6 Å². The average Bonchev–Trinajstić information content (AvgIpc) is 3.16. The first kappa shape index (κ1) is 20.1. The maximum Gasteiger partial charge on any atom is 0.322 e. The molecule has 3 rings (SSSR count). The molecule has 1 aromatic heterocycles. The van der Waals surface area contributed by atoms with Crippen molar-refractivity contribution in [3.63, 3.8) is 0 Å². The number of aromatic nitrogens is 2. The largest absolute Gasteiger partial charge is 0.403 e. The van der Waals surface area contributed by atoms with Gasteiger partial charge in [-0.15, -0.1) is 5.10 Å². The van der Waals surface area contributed by atoms with E-state index in [0.717, 1.165) is 10.4 Å². The van der Waals surface area contributed by atoms with E-state index in [-0.39, 0.29) is 28.1 Å². The zero-order valence-corrected chi connectivity index (χ0v) is 16.1. The van der Waals surface area contributed by atoms with Crippen molar-refractivity contribution in [1.29, 1.82) is 0 Å². The number of benzene rings is 2. The van der Waals surface area contributed by atoms with E-state index in [1.165, 1.54) is 56.6 Å². The maximum absolute atomic E-state index is 12.2. The lowest BCUT2D eigenvalue weighted by atomic mass is 10.2. The third kappa shape index (κ3) is 4.28. The number of nitro benzene ring substituents is 1. The highest BCUT2D eigenvalue weighted by atomic mass is 32.2. The summed E-state index contributed by atoms with van der Waals surface area (Å²) < 4.78 is 30.6. The Morgan fingerprint density at radius 1 is 1.14 bits per heavy atom. The highest BCUT2D eigenvalue weighted by Crippen LogP contribution is 2.23. The molecule has 0 aliphatic rings. The molecule has 150 valence electrons. The number of sulfonamides is 1. The number of amides is 1. The summed E-state index contributed by atoms with van der Waals surface area (Å²) in [5, 5.41) is 20.7. The van der Waals surface area contributed by atoms with Crippen molar-refractivity contribution in [3.05, 3.63) is 64.2 Å². The minimum Gasteiger partial charge on any atom is -0.403 e. The highest BCUT2D eigenvalue weighted by Gasteiger charge is 2.18. The predicted molar refractivity (Wildman–Crippen MR) is 102 cm³/mol. The van der Waals surface area contributed by atoms with Crippen LogP contribution in [0, 0.1) is 10.1 Å². The van der Waals surface area contributed by atoms with Crippen LogP contribution < -0.4 is 5.32 Å². The van der Waals surface area contributed by atoms with Gasteiger partial charge in [-0.25, -0.2) is 12.7 Å². The summed E-state index contributed by atoms with van der Waals surface area (Å²) in [6, 6.07) is 10.8. The molecule has 1 N–H and O–H groups in total. The van der Waals surface area contributed by atoms with Gasteiger partial charge in [0.05, 0.1) is 9.82 Å². The fraction of sp³-hybridized carbons (Fsp3) is 0.118. The summed E-state index contributed by atoms with van der Waals surface area (Å²) in [6.45, 7) is 0. The zero-order valence-electron chi connectivity index (χ0n) is 15.3. The van der Waals surface area contributed by atoms with Crippen molar-refractivity contribution in [2.24, 2.45) is 0 Å². The second-order valence-corrected chi connectivity index (χ2v) is 8.14.